The first-order chi connectivity index (χ1) is 12.7. The highest BCUT2D eigenvalue weighted by Gasteiger charge is 2.19. The molecule has 0 saturated heterocycles. The quantitative estimate of drug-likeness (QED) is 0.512. The number of nitrogens with zero attached hydrogens (tertiary/aromatic N) is 2. The van der Waals surface area contributed by atoms with Crippen LogP contribution in [-0.4, -0.2) is 16.9 Å². The number of rotatable bonds is 2. The zero-order valence-electron chi connectivity index (χ0n) is 13.7. The van der Waals surface area contributed by atoms with E-state index in [-0.39, 0.29) is 18.2 Å². The van der Waals surface area contributed by atoms with Crippen molar-refractivity contribution in [1.29, 1.82) is 0 Å². The topological polar surface area (TPSA) is 87.6 Å². The van der Waals surface area contributed by atoms with Gasteiger partial charge in [-0.2, -0.15) is 4.98 Å². The largest absolute Gasteiger partial charge is 0.454 e. The van der Waals surface area contributed by atoms with Crippen LogP contribution in [-0.2, 0) is 0 Å². The van der Waals surface area contributed by atoms with Crippen molar-refractivity contribution >= 4 is 11.0 Å². The molecule has 128 valence electrons. The van der Waals surface area contributed by atoms with Gasteiger partial charge in [-0.1, -0.05) is 16.8 Å². The fourth-order valence-electron chi connectivity index (χ4n) is 2.88. The molecule has 1 aliphatic rings. The molecular weight excluding hydrogens is 336 g/mol. The molecule has 5 rings (SSSR count). The van der Waals surface area contributed by atoms with Gasteiger partial charge < -0.3 is 18.4 Å². The molecule has 0 amide bonds. The first-order valence-electron chi connectivity index (χ1n) is 7.96. The Kier molecular flexibility index (Phi) is 3.08. The summed E-state index contributed by atoms with van der Waals surface area (Å²) in [7, 11) is 0. The van der Waals surface area contributed by atoms with Crippen LogP contribution >= 0.6 is 0 Å². The smallest absolute Gasteiger partial charge is 0.349 e. The van der Waals surface area contributed by atoms with Crippen LogP contribution in [0, 0.1) is 6.92 Å². The lowest BCUT2D eigenvalue weighted by Crippen LogP contribution is -2.02. The van der Waals surface area contributed by atoms with Gasteiger partial charge >= 0.3 is 5.63 Å². The maximum atomic E-state index is 12.3. The molecule has 0 radical (unpaired) electrons. The summed E-state index contributed by atoms with van der Waals surface area (Å²) in [5.41, 5.74) is 1.97. The summed E-state index contributed by atoms with van der Waals surface area (Å²) in [4.78, 5) is 16.6. The molecule has 1 aliphatic heterocycles. The second-order valence-electron chi connectivity index (χ2n) is 5.98. The molecule has 0 bridgehead atoms. The lowest BCUT2D eigenvalue weighted by molar-refractivity contribution is 0.174. The van der Waals surface area contributed by atoms with Crippen LogP contribution in [0.4, 0.5) is 0 Å². The highest BCUT2D eigenvalue weighted by Crippen LogP contribution is 2.35. The number of fused-ring (bicyclic) bond motifs is 2. The normalized spacial score (nSPS) is 12.7. The van der Waals surface area contributed by atoms with Crippen molar-refractivity contribution in [2.24, 2.45) is 0 Å². The highest BCUT2D eigenvalue weighted by molar-refractivity contribution is 5.81. The molecule has 0 saturated carbocycles. The fourth-order valence-corrected chi connectivity index (χ4v) is 2.88. The number of hydrogen-bond donors (Lipinski definition) is 0. The molecule has 0 spiro atoms. The molecule has 0 N–H and O–H groups in total. The van der Waals surface area contributed by atoms with E-state index in [0.717, 1.165) is 10.9 Å². The third-order valence-electron chi connectivity index (χ3n) is 4.17. The Labute approximate surface area is 146 Å². The van der Waals surface area contributed by atoms with Crippen molar-refractivity contribution in [2.45, 2.75) is 6.92 Å². The number of benzene rings is 2. The molecule has 0 atom stereocenters. The van der Waals surface area contributed by atoms with Crippen molar-refractivity contribution in [3.05, 3.63) is 58.4 Å². The fraction of sp³-hybridized carbons (Fsp3) is 0.105. The summed E-state index contributed by atoms with van der Waals surface area (Å²) >= 11 is 0. The Balaban J connectivity index is 1.59. The molecule has 26 heavy (non-hydrogen) atoms. The zero-order chi connectivity index (χ0) is 17.7. The summed E-state index contributed by atoms with van der Waals surface area (Å²) in [6, 6.07) is 12.6. The summed E-state index contributed by atoms with van der Waals surface area (Å²) in [5.74, 6) is 1.74. The van der Waals surface area contributed by atoms with E-state index in [1.165, 1.54) is 0 Å². The SMILES string of the molecule is Cc1ccc2oc(=O)c(-c3nc(-c4ccc5c(c4)OCO5)no3)cc2c1. The third kappa shape index (κ3) is 2.33. The number of aromatic nitrogens is 2. The van der Waals surface area contributed by atoms with Crippen LogP contribution in [0.1, 0.15) is 5.56 Å². The Morgan fingerprint density at radius 3 is 2.81 bits per heavy atom. The van der Waals surface area contributed by atoms with Gasteiger partial charge in [0.2, 0.25) is 12.6 Å². The average Bonchev–Trinajstić information content (AvgIpc) is 3.30. The summed E-state index contributed by atoms with van der Waals surface area (Å²) in [6.45, 7) is 2.16. The first-order valence-corrected chi connectivity index (χ1v) is 7.96. The number of ether oxygens (including phenoxy) is 2. The molecule has 0 unspecified atom stereocenters. The van der Waals surface area contributed by atoms with E-state index >= 15 is 0 Å². The van der Waals surface area contributed by atoms with Crippen LogP contribution in [0.25, 0.3) is 33.8 Å². The standard InChI is InChI=1S/C19H12N2O5/c1-10-2-4-14-12(6-10)7-13(19(22)25-14)18-20-17(21-26-18)11-3-5-15-16(8-11)24-9-23-15/h2-8H,9H2,1H3. The monoisotopic (exact) mass is 348 g/mol. The zero-order valence-corrected chi connectivity index (χ0v) is 13.7. The second kappa shape index (κ2) is 5.45. The lowest BCUT2D eigenvalue weighted by atomic mass is 10.1. The van der Waals surface area contributed by atoms with Gasteiger partial charge in [0.15, 0.2) is 11.5 Å². The van der Waals surface area contributed by atoms with Crippen molar-refractivity contribution in [3.63, 3.8) is 0 Å². The third-order valence-corrected chi connectivity index (χ3v) is 4.17. The van der Waals surface area contributed by atoms with E-state index in [2.05, 4.69) is 10.1 Å². The lowest BCUT2D eigenvalue weighted by Gasteiger charge is -2.00. The maximum absolute atomic E-state index is 12.3. The van der Waals surface area contributed by atoms with Gasteiger partial charge in [0.25, 0.3) is 5.89 Å². The summed E-state index contributed by atoms with van der Waals surface area (Å²) in [5, 5.41) is 4.76. The van der Waals surface area contributed by atoms with Crippen molar-refractivity contribution in [3.8, 4) is 34.3 Å². The van der Waals surface area contributed by atoms with E-state index < -0.39 is 5.63 Å². The molecule has 3 heterocycles. The van der Waals surface area contributed by atoms with Crippen molar-refractivity contribution in [1.82, 2.24) is 10.1 Å². The van der Waals surface area contributed by atoms with Crippen LogP contribution in [0.15, 0.2) is 56.2 Å². The molecule has 2 aromatic heterocycles. The Bertz CT molecular complexity index is 1210. The molecule has 7 nitrogen and oxygen atoms in total. The van der Waals surface area contributed by atoms with E-state index in [4.69, 9.17) is 18.4 Å². The van der Waals surface area contributed by atoms with E-state index in [0.29, 0.717) is 28.5 Å². The predicted molar refractivity (Wildman–Crippen MR) is 92.1 cm³/mol. The van der Waals surface area contributed by atoms with E-state index in [1.54, 1.807) is 30.3 Å². The van der Waals surface area contributed by atoms with Crippen molar-refractivity contribution in [2.75, 3.05) is 6.79 Å². The highest BCUT2D eigenvalue weighted by atomic mass is 16.7. The van der Waals surface area contributed by atoms with Gasteiger partial charge in [-0.25, -0.2) is 4.79 Å². The summed E-state index contributed by atoms with van der Waals surface area (Å²) in [6.07, 6.45) is 0. The predicted octanol–water partition coefficient (Wildman–Crippen LogP) is 3.55. The van der Waals surface area contributed by atoms with E-state index in [1.807, 2.05) is 19.1 Å². The van der Waals surface area contributed by atoms with Gasteiger partial charge in [0, 0.05) is 10.9 Å². The maximum Gasteiger partial charge on any atom is 0.349 e. The van der Waals surface area contributed by atoms with Crippen LogP contribution in [0.5, 0.6) is 11.5 Å². The van der Waals surface area contributed by atoms with Gasteiger partial charge in [-0.05, 0) is 43.3 Å². The van der Waals surface area contributed by atoms with Gasteiger partial charge in [0.1, 0.15) is 11.1 Å². The average molecular weight is 348 g/mol. The number of hydrogen-bond acceptors (Lipinski definition) is 7. The number of aryl methyl sites for hydroxylation is 1. The minimum Gasteiger partial charge on any atom is -0.454 e. The van der Waals surface area contributed by atoms with E-state index in [9.17, 15) is 4.79 Å². The van der Waals surface area contributed by atoms with Gasteiger partial charge in [-0.15, -0.1) is 0 Å². The molecule has 4 aromatic rings. The minimum absolute atomic E-state index is 0.106. The minimum atomic E-state index is -0.526. The Morgan fingerprint density at radius 2 is 1.88 bits per heavy atom. The molecule has 2 aromatic carbocycles. The second-order valence-corrected chi connectivity index (χ2v) is 5.98. The molecule has 0 fully saturated rings. The van der Waals surface area contributed by atoms with Gasteiger partial charge in [-0.3, -0.25) is 0 Å². The first kappa shape index (κ1) is 14.7. The molecular formula is C19H12N2O5. The Morgan fingerprint density at radius 1 is 1.00 bits per heavy atom. The molecule has 0 aliphatic carbocycles. The van der Waals surface area contributed by atoms with Crippen LogP contribution < -0.4 is 15.1 Å². The van der Waals surface area contributed by atoms with Crippen LogP contribution in [0.2, 0.25) is 0 Å². The van der Waals surface area contributed by atoms with Gasteiger partial charge in [0.05, 0.1) is 0 Å². The molecule has 7 heteroatoms. The van der Waals surface area contributed by atoms with Crippen molar-refractivity contribution < 1.29 is 18.4 Å². The Hall–Kier alpha value is -3.61. The summed E-state index contributed by atoms with van der Waals surface area (Å²) < 4.78 is 21.3. The van der Waals surface area contributed by atoms with Crippen LogP contribution in [0.3, 0.4) is 0 Å².